The van der Waals surface area contributed by atoms with Gasteiger partial charge in [-0.25, -0.2) is 0 Å². The lowest BCUT2D eigenvalue weighted by atomic mass is 10.1. The van der Waals surface area contributed by atoms with Crippen molar-refractivity contribution in [1.29, 1.82) is 0 Å². The summed E-state index contributed by atoms with van der Waals surface area (Å²) in [7, 11) is 1.99. The van der Waals surface area contributed by atoms with E-state index in [4.69, 9.17) is 5.73 Å². The molecule has 0 fully saturated rings. The van der Waals surface area contributed by atoms with Gasteiger partial charge < -0.3 is 21.3 Å². The van der Waals surface area contributed by atoms with Crippen LogP contribution in [-0.2, 0) is 11.3 Å². The molecule has 0 unspecified atom stereocenters. The topological polar surface area (TPSA) is 99.8 Å². The third kappa shape index (κ3) is 4.20. The van der Waals surface area contributed by atoms with Crippen molar-refractivity contribution in [3.05, 3.63) is 35.4 Å². The number of carbonyl (C=O) groups is 2. The number of rotatable bonds is 5. The van der Waals surface area contributed by atoms with E-state index in [2.05, 4.69) is 20.5 Å². The molecule has 1 aliphatic heterocycles. The van der Waals surface area contributed by atoms with Gasteiger partial charge >= 0.3 is 0 Å². The number of nitrogens with one attached hydrogen (secondary N) is 2. The van der Waals surface area contributed by atoms with E-state index in [1.165, 1.54) is 0 Å². The number of guanidine groups is 1. The minimum atomic E-state index is -0.564. The Kier molecular flexibility index (Phi) is 4.76. The smallest absolute Gasteiger partial charge is 0.251 e. The van der Waals surface area contributed by atoms with Crippen molar-refractivity contribution in [3.63, 3.8) is 0 Å². The summed E-state index contributed by atoms with van der Waals surface area (Å²) in [5, 5.41) is 5.70. The summed E-state index contributed by atoms with van der Waals surface area (Å²) in [4.78, 5) is 28.7. The molecule has 2 rings (SSSR count). The normalized spacial score (nSPS) is 13.8. The molecule has 0 bridgehead atoms. The van der Waals surface area contributed by atoms with Gasteiger partial charge in [-0.05, 0) is 17.7 Å². The second-order valence-electron chi connectivity index (χ2n) is 4.83. The quantitative estimate of drug-likeness (QED) is 0.667. The van der Waals surface area contributed by atoms with E-state index in [-0.39, 0.29) is 12.5 Å². The molecule has 0 saturated carbocycles. The predicted octanol–water partition coefficient (Wildman–Crippen LogP) is -0.707. The predicted molar refractivity (Wildman–Crippen MR) is 79.7 cm³/mol. The van der Waals surface area contributed by atoms with Crippen molar-refractivity contribution in [1.82, 2.24) is 15.5 Å². The lowest BCUT2D eigenvalue weighted by molar-refractivity contribution is -0.117. The molecule has 0 atom stereocenters. The van der Waals surface area contributed by atoms with E-state index in [9.17, 15) is 9.59 Å². The third-order valence-electron chi connectivity index (χ3n) is 3.15. The minimum absolute atomic E-state index is 0.158. The first kappa shape index (κ1) is 14.8. The fourth-order valence-electron chi connectivity index (χ4n) is 1.95. The number of nitrogens with two attached hydrogens (primary N) is 1. The second kappa shape index (κ2) is 6.74. The Morgan fingerprint density at radius 1 is 1.33 bits per heavy atom. The number of hydrogen-bond donors (Lipinski definition) is 3. The Balaban J connectivity index is 1.86. The van der Waals surface area contributed by atoms with Crippen LogP contribution in [0.4, 0.5) is 0 Å². The number of benzene rings is 1. The van der Waals surface area contributed by atoms with Crippen LogP contribution in [0, 0.1) is 0 Å². The Morgan fingerprint density at radius 3 is 2.62 bits per heavy atom. The van der Waals surface area contributed by atoms with Gasteiger partial charge in [0.15, 0.2) is 5.96 Å². The molecule has 7 heteroatoms. The third-order valence-corrected chi connectivity index (χ3v) is 3.15. The summed E-state index contributed by atoms with van der Waals surface area (Å²) < 4.78 is 0. The Hall–Kier alpha value is -2.57. The molecule has 0 spiro atoms. The van der Waals surface area contributed by atoms with Crippen molar-refractivity contribution < 1.29 is 9.59 Å². The number of primary amides is 1. The summed E-state index contributed by atoms with van der Waals surface area (Å²) in [5.74, 6) is 0.0112. The molecule has 1 aliphatic rings. The maximum absolute atomic E-state index is 11.7. The van der Waals surface area contributed by atoms with Crippen molar-refractivity contribution in [3.8, 4) is 0 Å². The van der Waals surface area contributed by atoms with Gasteiger partial charge in [0.05, 0.1) is 13.1 Å². The first-order valence-electron chi connectivity index (χ1n) is 6.71. The van der Waals surface area contributed by atoms with E-state index in [1.54, 1.807) is 12.1 Å². The molecule has 0 saturated heterocycles. The van der Waals surface area contributed by atoms with Crippen molar-refractivity contribution >= 4 is 17.8 Å². The Morgan fingerprint density at radius 2 is 2.05 bits per heavy atom. The molecule has 0 radical (unpaired) electrons. The average Bonchev–Trinajstić information content (AvgIpc) is 2.88. The molecule has 1 aromatic rings. The molecule has 0 aliphatic carbocycles. The van der Waals surface area contributed by atoms with Crippen LogP contribution in [0.1, 0.15) is 15.9 Å². The Labute approximate surface area is 123 Å². The van der Waals surface area contributed by atoms with Crippen LogP contribution >= 0.6 is 0 Å². The number of nitrogens with zero attached hydrogens (tertiary/aromatic N) is 2. The minimum Gasteiger partial charge on any atom is -0.368 e. The highest BCUT2D eigenvalue weighted by atomic mass is 16.2. The first-order valence-corrected chi connectivity index (χ1v) is 6.71. The van der Waals surface area contributed by atoms with Crippen molar-refractivity contribution in [2.75, 3.05) is 26.7 Å². The number of likely N-dealkylation sites (N-methyl/N-ethyl adjacent to an activating group) is 1. The van der Waals surface area contributed by atoms with Gasteiger partial charge in [0, 0.05) is 25.7 Å². The van der Waals surface area contributed by atoms with Gasteiger partial charge in [0.25, 0.3) is 5.91 Å². The van der Waals surface area contributed by atoms with Crippen LogP contribution in [-0.4, -0.2) is 49.4 Å². The SMILES string of the molecule is CN1CCN=C1NCc1ccc(C(=O)NCC(N)=O)cc1. The lowest BCUT2D eigenvalue weighted by Crippen LogP contribution is -2.35. The zero-order chi connectivity index (χ0) is 15.2. The Bertz CT molecular complexity index is 553. The lowest BCUT2D eigenvalue weighted by Gasteiger charge is -2.15. The molecular formula is C14H19N5O2. The zero-order valence-corrected chi connectivity index (χ0v) is 11.9. The van der Waals surface area contributed by atoms with Crippen LogP contribution in [0.15, 0.2) is 29.3 Å². The molecule has 1 heterocycles. The standard InChI is InChI=1S/C14H19N5O2/c1-19-7-6-16-14(19)18-8-10-2-4-11(5-3-10)13(21)17-9-12(15)20/h2-5H,6-9H2,1H3,(H2,15,20)(H,16,18)(H,17,21). The highest BCUT2D eigenvalue weighted by molar-refractivity contribution is 5.96. The van der Waals surface area contributed by atoms with Crippen molar-refractivity contribution in [2.24, 2.45) is 10.7 Å². The summed E-state index contributed by atoms with van der Waals surface area (Å²) in [6, 6.07) is 7.16. The highest BCUT2D eigenvalue weighted by Gasteiger charge is 2.11. The first-order chi connectivity index (χ1) is 10.1. The van der Waals surface area contributed by atoms with E-state index < -0.39 is 5.91 Å². The average molecular weight is 289 g/mol. The molecule has 112 valence electrons. The van der Waals surface area contributed by atoms with Gasteiger partial charge in [-0.15, -0.1) is 0 Å². The highest BCUT2D eigenvalue weighted by Crippen LogP contribution is 2.05. The fraction of sp³-hybridized carbons (Fsp3) is 0.357. The summed E-state index contributed by atoms with van der Waals surface area (Å²) in [6.07, 6.45) is 0. The van der Waals surface area contributed by atoms with Gasteiger partial charge in [0.1, 0.15) is 0 Å². The van der Waals surface area contributed by atoms with Gasteiger partial charge in [-0.1, -0.05) is 12.1 Å². The van der Waals surface area contributed by atoms with E-state index in [0.717, 1.165) is 24.6 Å². The maximum Gasteiger partial charge on any atom is 0.251 e. The number of carbonyl (C=O) groups excluding carboxylic acids is 2. The van der Waals surface area contributed by atoms with Crippen LogP contribution in [0.5, 0.6) is 0 Å². The second-order valence-corrected chi connectivity index (χ2v) is 4.83. The van der Waals surface area contributed by atoms with Crippen LogP contribution in [0.2, 0.25) is 0 Å². The largest absolute Gasteiger partial charge is 0.368 e. The van der Waals surface area contributed by atoms with Gasteiger partial charge in [0.2, 0.25) is 5.91 Å². The van der Waals surface area contributed by atoms with Crippen LogP contribution < -0.4 is 16.4 Å². The monoisotopic (exact) mass is 289 g/mol. The van der Waals surface area contributed by atoms with E-state index >= 15 is 0 Å². The molecule has 1 aromatic carbocycles. The zero-order valence-electron chi connectivity index (χ0n) is 11.9. The molecule has 2 amide bonds. The summed E-state index contributed by atoms with van der Waals surface area (Å²) >= 11 is 0. The maximum atomic E-state index is 11.7. The number of amides is 2. The van der Waals surface area contributed by atoms with E-state index in [0.29, 0.717) is 12.1 Å². The molecule has 0 aromatic heterocycles. The fourth-order valence-corrected chi connectivity index (χ4v) is 1.95. The van der Waals surface area contributed by atoms with Gasteiger partial charge in [-0.3, -0.25) is 14.6 Å². The summed E-state index contributed by atoms with van der Waals surface area (Å²) in [5.41, 5.74) is 6.52. The van der Waals surface area contributed by atoms with Gasteiger partial charge in [-0.2, -0.15) is 0 Å². The number of hydrogen-bond acceptors (Lipinski definition) is 5. The number of aliphatic imine (C=N–C) groups is 1. The molecular weight excluding hydrogens is 270 g/mol. The summed E-state index contributed by atoms with van der Waals surface area (Å²) in [6.45, 7) is 2.24. The molecule has 4 N–H and O–H groups in total. The van der Waals surface area contributed by atoms with Crippen LogP contribution in [0.25, 0.3) is 0 Å². The van der Waals surface area contributed by atoms with Crippen molar-refractivity contribution in [2.45, 2.75) is 6.54 Å². The molecule has 21 heavy (non-hydrogen) atoms. The molecule has 7 nitrogen and oxygen atoms in total. The van der Waals surface area contributed by atoms with E-state index in [1.807, 2.05) is 19.2 Å². The van der Waals surface area contributed by atoms with Crippen LogP contribution in [0.3, 0.4) is 0 Å².